The van der Waals surface area contributed by atoms with E-state index in [4.69, 9.17) is 5.11 Å². The van der Waals surface area contributed by atoms with Crippen LogP contribution < -0.4 is 5.56 Å². The molecule has 2 aromatic rings. The second kappa shape index (κ2) is 4.01. The van der Waals surface area contributed by atoms with Crippen molar-refractivity contribution in [2.75, 3.05) is 0 Å². The molecular weight excluding hydrogens is 220 g/mol. The maximum absolute atomic E-state index is 11.9. The fourth-order valence-corrected chi connectivity index (χ4v) is 1.95. The number of aromatic nitrogens is 2. The molecule has 0 aliphatic carbocycles. The lowest BCUT2D eigenvalue weighted by Gasteiger charge is -2.11. The minimum atomic E-state index is -1.01. The van der Waals surface area contributed by atoms with E-state index in [1.165, 1.54) is 6.92 Å². The van der Waals surface area contributed by atoms with Gasteiger partial charge in [-0.1, -0.05) is 0 Å². The van der Waals surface area contributed by atoms with Gasteiger partial charge in [-0.25, -0.2) is 0 Å². The predicted octanol–water partition coefficient (Wildman–Crippen LogP) is 1.42. The predicted molar refractivity (Wildman–Crippen MR) is 63.2 cm³/mol. The van der Waals surface area contributed by atoms with E-state index < -0.39 is 11.9 Å². The van der Waals surface area contributed by atoms with E-state index in [1.54, 1.807) is 25.4 Å². The van der Waals surface area contributed by atoms with Crippen LogP contribution >= 0.6 is 0 Å². The molecule has 5 heteroatoms. The summed E-state index contributed by atoms with van der Waals surface area (Å²) in [6.07, 6.45) is 3.21. The largest absolute Gasteiger partial charge is 0.481 e. The fourth-order valence-electron chi connectivity index (χ4n) is 1.95. The van der Waals surface area contributed by atoms with Crippen molar-refractivity contribution < 1.29 is 9.90 Å². The number of carboxylic acids is 1. The van der Waals surface area contributed by atoms with Crippen molar-refractivity contribution in [2.24, 2.45) is 0 Å². The van der Waals surface area contributed by atoms with Gasteiger partial charge in [0.2, 0.25) is 0 Å². The lowest BCUT2D eigenvalue weighted by molar-refractivity contribution is -0.138. The molecule has 2 heterocycles. The first kappa shape index (κ1) is 11.3. The van der Waals surface area contributed by atoms with Gasteiger partial charge in [0.05, 0.1) is 11.4 Å². The van der Waals surface area contributed by atoms with E-state index in [1.807, 2.05) is 0 Å². The summed E-state index contributed by atoms with van der Waals surface area (Å²) in [5.74, 6) is -1.84. The normalized spacial score (nSPS) is 12.6. The number of aliphatic carboxylic acids is 1. The Balaban J connectivity index is 2.81. The maximum Gasteiger partial charge on any atom is 0.310 e. The van der Waals surface area contributed by atoms with Crippen LogP contribution in [0.2, 0.25) is 0 Å². The molecule has 0 saturated carbocycles. The number of fused-ring (bicyclic) bond motifs is 1. The molecule has 5 nitrogen and oxygen atoms in total. The molecule has 0 saturated heterocycles. The summed E-state index contributed by atoms with van der Waals surface area (Å²) in [5, 5.41) is 9.76. The number of carbonyl (C=O) groups is 1. The van der Waals surface area contributed by atoms with Gasteiger partial charge in [-0.15, -0.1) is 0 Å². The highest BCUT2D eigenvalue weighted by atomic mass is 16.4. The van der Waals surface area contributed by atoms with Gasteiger partial charge < -0.3 is 10.1 Å². The Morgan fingerprint density at radius 2 is 2.24 bits per heavy atom. The molecule has 1 atom stereocenters. The number of carboxylic acid groups (broad SMARTS) is 1. The van der Waals surface area contributed by atoms with Gasteiger partial charge in [0.25, 0.3) is 5.56 Å². The Bertz CT molecular complexity index is 646. The van der Waals surface area contributed by atoms with Crippen molar-refractivity contribution in [3.05, 3.63) is 39.9 Å². The first-order chi connectivity index (χ1) is 8.02. The highest BCUT2D eigenvalue weighted by Gasteiger charge is 2.21. The molecule has 0 spiro atoms. The summed E-state index contributed by atoms with van der Waals surface area (Å²) < 4.78 is 0. The standard InChI is InChI=1S/C12H12N2O3/c1-6-8-5-13-4-3-9(8)14-11(15)10(6)7(2)12(16)17/h3-5,7H,1-2H3,(H,14,15)(H,16,17). The van der Waals surface area contributed by atoms with Crippen LogP contribution in [-0.2, 0) is 4.79 Å². The van der Waals surface area contributed by atoms with E-state index in [0.29, 0.717) is 11.1 Å². The summed E-state index contributed by atoms with van der Waals surface area (Å²) in [6, 6.07) is 1.69. The number of aryl methyl sites for hydroxylation is 1. The third-order valence-corrected chi connectivity index (χ3v) is 2.93. The number of H-pyrrole nitrogens is 1. The summed E-state index contributed by atoms with van der Waals surface area (Å²) in [4.78, 5) is 29.5. The highest BCUT2D eigenvalue weighted by Crippen LogP contribution is 2.21. The number of pyridine rings is 2. The maximum atomic E-state index is 11.9. The molecule has 0 radical (unpaired) electrons. The van der Waals surface area contributed by atoms with Crippen molar-refractivity contribution >= 4 is 16.9 Å². The van der Waals surface area contributed by atoms with Crippen molar-refractivity contribution in [1.82, 2.24) is 9.97 Å². The molecule has 88 valence electrons. The number of nitrogens with zero attached hydrogens (tertiary/aromatic N) is 1. The van der Waals surface area contributed by atoms with Crippen molar-refractivity contribution in [1.29, 1.82) is 0 Å². The molecular formula is C12H12N2O3. The molecule has 2 rings (SSSR count). The minimum Gasteiger partial charge on any atom is -0.481 e. The third-order valence-electron chi connectivity index (χ3n) is 2.93. The lowest BCUT2D eigenvalue weighted by Crippen LogP contribution is -2.21. The summed E-state index contributed by atoms with van der Waals surface area (Å²) >= 11 is 0. The zero-order chi connectivity index (χ0) is 12.6. The monoisotopic (exact) mass is 232 g/mol. The van der Waals surface area contributed by atoms with E-state index in [2.05, 4.69) is 9.97 Å². The van der Waals surface area contributed by atoms with Gasteiger partial charge in [-0.2, -0.15) is 0 Å². The van der Waals surface area contributed by atoms with Gasteiger partial charge in [0.1, 0.15) is 0 Å². The molecule has 0 aromatic carbocycles. The number of aromatic amines is 1. The molecule has 2 N–H and O–H groups in total. The average molecular weight is 232 g/mol. The first-order valence-corrected chi connectivity index (χ1v) is 5.21. The number of nitrogens with one attached hydrogen (secondary N) is 1. The van der Waals surface area contributed by atoms with Crippen LogP contribution in [0.15, 0.2) is 23.3 Å². The summed E-state index contributed by atoms with van der Waals surface area (Å²) in [5.41, 5.74) is 1.28. The Labute approximate surface area is 97.1 Å². The van der Waals surface area contributed by atoms with Crippen LogP contribution in [-0.4, -0.2) is 21.0 Å². The second-order valence-corrected chi connectivity index (χ2v) is 3.97. The quantitative estimate of drug-likeness (QED) is 0.820. The zero-order valence-corrected chi connectivity index (χ0v) is 9.52. The molecule has 2 aromatic heterocycles. The van der Waals surface area contributed by atoms with Crippen molar-refractivity contribution in [3.8, 4) is 0 Å². The van der Waals surface area contributed by atoms with Gasteiger partial charge in [-0.05, 0) is 25.5 Å². The van der Waals surface area contributed by atoms with E-state index >= 15 is 0 Å². The fraction of sp³-hybridized carbons (Fsp3) is 0.250. The molecule has 0 aliphatic rings. The van der Waals surface area contributed by atoms with Crippen LogP contribution in [0.5, 0.6) is 0 Å². The molecule has 1 unspecified atom stereocenters. The molecule has 0 fully saturated rings. The van der Waals surface area contributed by atoms with Crippen LogP contribution in [0.4, 0.5) is 0 Å². The Kier molecular flexibility index (Phi) is 2.67. The van der Waals surface area contributed by atoms with E-state index in [0.717, 1.165) is 5.39 Å². The van der Waals surface area contributed by atoms with E-state index in [9.17, 15) is 9.59 Å². The third kappa shape index (κ3) is 1.80. The molecule has 0 aliphatic heterocycles. The Morgan fingerprint density at radius 3 is 2.88 bits per heavy atom. The Morgan fingerprint density at radius 1 is 1.53 bits per heavy atom. The van der Waals surface area contributed by atoms with Crippen LogP contribution in [0, 0.1) is 6.92 Å². The second-order valence-electron chi connectivity index (χ2n) is 3.97. The van der Waals surface area contributed by atoms with Crippen LogP contribution in [0.1, 0.15) is 24.0 Å². The number of hydrogen-bond acceptors (Lipinski definition) is 3. The highest BCUT2D eigenvalue weighted by molar-refractivity contribution is 5.84. The Hall–Kier alpha value is -2.17. The minimum absolute atomic E-state index is 0.290. The van der Waals surface area contributed by atoms with Gasteiger partial charge >= 0.3 is 5.97 Å². The SMILES string of the molecule is Cc1c(C(C)C(=O)O)c(=O)[nH]c2ccncc12. The first-order valence-electron chi connectivity index (χ1n) is 5.21. The molecule has 0 bridgehead atoms. The van der Waals surface area contributed by atoms with Crippen molar-refractivity contribution in [3.63, 3.8) is 0 Å². The smallest absolute Gasteiger partial charge is 0.310 e. The average Bonchev–Trinajstić information content (AvgIpc) is 2.28. The summed E-state index contributed by atoms with van der Waals surface area (Å²) in [6.45, 7) is 3.25. The lowest BCUT2D eigenvalue weighted by atomic mass is 9.96. The topological polar surface area (TPSA) is 83.0 Å². The van der Waals surface area contributed by atoms with E-state index in [-0.39, 0.29) is 11.1 Å². The number of rotatable bonds is 2. The van der Waals surface area contributed by atoms with Crippen LogP contribution in [0.3, 0.4) is 0 Å². The van der Waals surface area contributed by atoms with Gasteiger partial charge in [0.15, 0.2) is 0 Å². The van der Waals surface area contributed by atoms with Gasteiger partial charge in [0, 0.05) is 23.3 Å². The van der Waals surface area contributed by atoms with Gasteiger partial charge in [-0.3, -0.25) is 14.6 Å². The molecule has 0 amide bonds. The zero-order valence-electron chi connectivity index (χ0n) is 9.52. The molecule has 17 heavy (non-hydrogen) atoms. The summed E-state index contributed by atoms with van der Waals surface area (Å²) in [7, 11) is 0. The van der Waals surface area contributed by atoms with Crippen molar-refractivity contribution in [2.45, 2.75) is 19.8 Å². The van der Waals surface area contributed by atoms with Crippen LogP contribution in [0.25, 0.3) is 10.9 Å². The number of hydrogen-bond donors (Lipinski definition) is 2.